The highest BCUT2D eigenvalue weighted by atomic mass is 32.1. The van der Waals surface area contributed by atoms with Gasteiger partial charge >= 0.3 is 12.1 Å². The van der Waals surface area contributed by atoms with Gasteiger partial charge in [0.05, 0.1) is 24.9 Å². The number of alkyl carbamates (subject to hydrolysis) is 1. The Labute approximate surface area is 345 Å². The lowest BCUT2D eigenvalue weighted by atomic mass is 10.0. The van der Waals surface area contributed by atoms with E-state index >= 15 is 0 Å². The number of aliphatic carboxylic acids is 1. The molecule has 0 radical (unpaired) electrons. The molecule has 1 saturated heterocycles. The van der Waals surface area contributed by atoms with E-state index in [9.17, 15) is 24.3 Å². The molecule has 310 valence electrons. The number of carboxylic acid groups (broad SMARTS) is 1. The molecule has 2 saturated carbocycles. The smallest absolute Gasteiger partial charge is 0.408 e. The zero-order valence-corrected chi connectivity index (χ0v) is 34.0. The number of nitrogens with one attached hydrogen (secondary N) is 3. The van der Waals surface area contributed by atoms with Crippen LogP contribution >= 0.6 is 11.3 Å². The number of pyridine rings is 1. The highest BCUT2D eigenvalue weighted by molar-refractivity contribution is 7.14. The van der Waals surface area contributed by atoms with Crippen LogP contribution in [-0.4, -0.2) is 100.0 Å². The summed E-state index contributed by atoms with van der Waals surface area (Å²) in [5.41, 5.74) is 0.954. The summed E-state index contributed by atoms with van der Waals surface area (Å²) in [6.07, 6.45) is 5.50. The first-order valence-corrected chi connectivity index (χ1v) is 21.0. The number of aromatic nitrogens is 2. The number of methoxy groups -OCH3 is 1. The molecule has 3 amide bonds. The quantitative estimate of drug-likeness (QED) is 0.150. The minimum absolute atomic E-state index is 0.0339. The number of hydrogen-bond donors (Lipinski definition) is 4. The average Bonchev–Trinajstić information content (AvgIpc) is 3.63. The summed E-state index contributed by atoms with van der Waals surface area (Å²) >= 11 is 1.46. The predicted octanol–water partition coefficient (Wildman–Crippen LogP) is 5.72. The van der Waals surface area contributed by atoms with Gasteiger partial charge in [-0.1, -0.05) is 24.3 Å². The van der Waals surface area contributed by atoms with E-state index in [1.165, 1.54) is 16.2 Å². The van der Waals surface area contributed by atoms with Crippen molar-refractivity contribution in [2.24, 2.45) is 5.92 Å². The second kappa shape index (κ2) is 16.8. The van der Waals surface area contributed by atoms with Crippen LogP contribution in [0.4, 0.5) is 9.93 Å². The summed E-state index contributed by atoms with van der Waals surface area (Å²) in [4.78, 5) is 66.3. The van der Waals surface area contributed by atoms with E-state index in [1.54, 1.807) is 55.7 Å². The average molecular weight is 825 g/mol. The van der Waals surface area contributed by atoms with E-state index in [2.05, 4.69) is 16.0 Å². The summed E-state index contributed by atoms with van der Waals surface area (Å²) < 4.78 is 23.9. The van der Waals surface area contributed by atoms with Gasteiger partial charge in [-0.05, 0) is 75.8 Å². The van der Waals surface area contributed by atoms with Crippen LogP contribution in [0.5, 0.6) is 17.2 Å². The van der Waals surface area contributed by atoms with Gasteiger partial charge in [0.25, 0.3) is 0 Å². The third kappa shape index (κ3) is 8.77. The SMILES string of the molecule is COc1ccc2c(O[C@@H]3C[C@H]4C(=O)N[C@@]5(C(=O)O)CC5/C=C\COc5cccc(c5)C[C@@H](NC(=O)OC5CCCC5)C(=O)N4C3)cc(-c3csc(NC(C)C)n3)nc2c1. The molecule has 2 aliphatic heterocycles. The molecule has 59 heavy (non-hydrogen) atoms. The second-order valence-corrected chi connectivity index (χ2v) is 16.7. The lowest BCUT2D eigenvalue weighted by Crippen LogP contribution is -2.57. The minimum Gasteiger partial charge on any atom is -0.497 e. The van der Waals surface area contributed by atoms with Crippen molar-refractivity contribution in [3.05, 3.63) is 71.6 Å². The van der Waals surface area contributed by atoms with Gasteiger partial charge in [-0.25, -0.2) is 19.6 Å². The first-order valence-electron chi connectivity index (χ1n) is 20.1. The molecule has 2 aliphatic carbocycles. The molecule has 2 aromatic heterocycles. The molecule has 2 bridgehead atoms. The lowest BCUT2D eigenvalue weighted by molar-refractivity contribution is -0.145. The number of thiazole rings is 1. The maximum absolute atomic E-state index is 14.9. The van der Waals surface area contributed by atoms with Crippen LogP contribution in [0.1, 0.15) is 57.9 Å². The Balaban J connectivity index is 1.14. The van der Waals surface area contributed by atoms with E-state index in [4.69, 9.17) is 28.9 Å². The Bertz CT molecular complexity index is 2270. The summed E-state index contributed by atoms with van der Waals surface area (Å²) in [6, 6.07) is 12.4. The van der Waals surface area contributed by atoms with Crippen molar-refractivity contribution in [1.82, 2.24) is 25.5 Å². The molecule has 2 aromatic carbocycles. The van der Waals surface area contributed by atoms with E-state index in [0.29, 0.717) is 39.5 Å². The van der Waals surface area contributed by atoms with Crippen LogP contribution in [0.2, 0.25) is 0 Å². The number of carbonyl (C=O) groups excluding carboxylic acids is 3. The molecule has 1 unspecified atom stereocenters. The fraction of sp³-hybridized carbons (Fsp3) is 0.442. The normalized spacial score (nSPS) is 25.1. The molecule has 0 spiro atoms. The van der Waals surface area contributed by atoms with Gasteiger partial charge in [0.2, 0.25) is 11.8 Å². The zero-order chi connectivity index (χ0) is 41.3. The first-order chi connectivity index (χ1) is 28.5. The standard InChI is InChI=1S/C43H48N6O9S/c1-24(2)44-41-46-35(23-59-41)33-20-37(31-14-13-28(55-3)18-32(31)45-33)57-30-19-36-38(50)48-43(40(52)53)21-26(43)9-7-15-56-29-12-6-8-25(16-29)17-34(39(51)49(36)22-30)47-42(54)58-27-10-4-5-11-27/h6-9,12-14,16,18,20,23-24,26-27,30,34,36H,4-5,10-11,15,17,19,21-22H2,1-3H3,(H,44,46)(H,47,54)(H,48,50)(H,52,53)/b9-7-/t26?,30-,34-,36+,43+/m1/s1. The minimum atomic E-state index is -1.55. The predicted molar refractivity (Wildman–Crippen MR) is 220 cm³/mol. The van der Waals surface area contributed by atoms with Crippen molar-refractivity contribution in [2.45, 2.75) is 94.7 Å². The number of carboxylic acids is 1. The molecular formula is C43H48N6O9S. The van der Waals surface area contributed by atoms with E-state index < -0.39 is 53.5 Å². The van der Waals surface area contributed by atoms with Crippen molar-refractivity contribution in [2.75, 3.05) is 25.6 Å². The molecular weight excluding hydrogens is 777 g/mol. The van der Waals surface area contributed by atoms with Gasteiger partial charge in [-0.3, -0.25) is 9.59 Å². The molecule has 8 rings (SSSR count). The van der Waals surface area contributed by atoms with Gasteiger partial charge in [0.15, 0.2) is 5.13 Å². The first kappa shape index (κ1) is 39.9. The van der Waals surface area contributed by atoms with Crippen molar-refractivity contribution >= 4 is 51.2 Å². The highest BCUT2D eigenvalue weighted by Gasteiger charge is 2.61. The lowest BCUT2D eigenvalue weighted by Gasteiger charge is -2.29. The number of hydrogen-bond acceptors (Lipinski definition) is 12. The molecule has 15 nitrogen and oxygen atoms in total. The van der Waals surface area contributed by atoms with Crippen molar-refractivity contribution in [1.29, 1.82) is 0 Å². The van der Waals surface area contributed by atoms with Crippen LogP contribution in [0.3, 0.4) is 0 Å². The zero-order valence-electron chi connectivity index (χ0n) is 33.1. The number of nitrogens with zero attached hydrogens (tertiary/aromatic N) is 3. The number of benzene rings is 2. The van der Waals surface area contributed by atoms with Crippen LogP contribution in [0.15, 0.2) is 66.1 Å². The number of anilines is 1. The van der Waals surface area contributed by atoms with Gasteiger partial charge < -0.3 is 44.9 Å². The van der Waals surface area contributed by atoms with E-state index in [0.717, 1.165) is 36.4 Å². The Kier molecular flexibility index (Phi) is 11.3. The number of carbonyl (C=O) groups is 4. The summed E-state index contributed by atoms with van der Waals surface area (Å²) in [7, 11) is 1.57. The van der Waals surface area contributed by atoms with Gasteiger partial charge in [0, 0.05) is 47.7 Å². The van der Waals surface area contributed by atoms with Gasteiger partial charge in [-0.2, -0.15) is 0 Å². The fourth-order valence-electron chi connectivity index (χ4n) is 8.15. The van der Waals surface area contributed by atoms with Crippen LogP contribution in [-0.2, 0) is 25.5 Å². The molecule has 5 atom stereocenters. The van der Waals surface area contributed by atoms with Crippen LogP contribution in [0.25, 0.3) is 22.3 Å². The Morgan fingerprint density at radius 1 is 1.07 bits per heavy atom. The van der Waals surface area contributed by atoms with Crippen molar-refractivity contribution in [3.63, 3.8) is 0 Å². The third-order valence-electron chi connectivity index (χ3n) is 11.3. The van der Waals surface area contributed by atoms with Gasteiger partial charge in [-0.15, -0.1) is 11.3 Å². The van der Waals surface area contributed by atoms with Crippen molar-refractivity contribution in [3.8, 4) is 28.6 Å². The van der Waals surface area contributed by atoms with Crippen molar-refractivity contribution < 1.29 is 43.2 Å². The number of amides is 3. The topological polar surface area (TPSA) is 191 Å². The van der Waals surface area contributed by atoms with Crippen LogP contribution < -0.4 is 30.2 Å². The summed E-state index contributed by atoms with van der Waals surface area (Å²) in [6.45, 7) is 4.20. The fourth-order valence-corrected chi connectivity index (χ4v) is 9.01. The molecule has 3 fully saturated rings. The molecule has 4 aromatic rings. The summed E-state index contributed by atoms with van der Waals surface area (Å²) in [5, 5.41) is 22.6. The monoisotopic (exact) mass is 824 g/mol. The maximum Gasteiger partial charge on any atom is 0.408 e. The highest BCUT2D eigenvalue weighted by Crippen LogP contribution is 2.45. The molecule has 16 heteroatoms. The third-order valence-corrected chi connectivity index (χ3v) is 12.0. The van der Waals surface area contributed by atoms with Crippen LogP contribution in [0, 0.1) is 5.92 Å². The number of ether oxygens (including phenoxy) is 4. The second-order valence-electron chi connectivity index (χ2n) is 15.9. The van der Waals surface area contributed by atoms with Gasteiger partial charge in [0.1, 0.15) is 59.4 Å². The number of fused-ring (bicyclic) bond motifs is 5. The Morgan fingerprint density at radius 3 is 2.68 bits per heavy atom. The maximum atomic E-state index is 14.9. The summed E-state index contributed by atoms with van der Waals surface area (Å²) in [5.74, 6) is -1.22. The molecule has 4 N–H and O–H groups in total. The Morgan fingerprint density at radius 2 is 1.90 bits per heavy atom. The Hall–Kier alpha value is -5.90. The molecule has 4 aliphatic rings. The van der Waals surface area contributed by atoms with E-state index in [-0.39, 0.29) is 44.6 Å². The number of rotatable bonds is 9. The van der Waals surface area contributed by atoms with E-state index in [1.807, 2.05) is 31.4 Å². The molecule has 4 heterocycles. The largest absolute Gasteiger partial charge is 0.497 e.